The second-order valence-corrected chi connectivity index (χ2v) is 6.15. The zero-order valence-electron chi connectivity index (χ0n) is 14.7. The number of carbonyl (C=O) groups excluding carboxylic acids is 1. The van der Waals surface area contributed by atoms with Crippen molar-refractivity contribution in [2.24, 2.45) is 0 Å². The normalized spacial score (nSPS) is 15.5. The molecule has 3 aromatic rings. The minimum absolute atomic E-state index is 0.117. The lowest BCUT2D eigenvalue weighted by atomic mass is 9.93. The van der Waals surface area contributed by atoms with E-state index in [2.05, 4.69) is 26.2 Å². The fraction of sp³-hybridized carbons (Fsp3) is 0.111. The first-order valence-corrected chi connectivity index (χ1v) is 8.41. The fourth-order valence-electron chi connectivity index (χ4n) is 3.20. The third kappa shape index (κ3) is 2.96. The Balaban J connectivity index is 1.84. The summed E-state index contributed by atoms with van der Waals surface area (Å²) < 4.78 is 1.37. The highest BCUT2D eigenvalue weighted by Crippen LogP contribution is 2.38. The van der Waals surface area contributed by atoms with Crippen molar-refractivity contribution >= 4 is 23.2 Å². The topological polar surface area (TPSA) is 128 Å². The molecule has 10 nitrogen and oxygen atoms in total. The SMILES string of the molecule is CC1=C(C(=O)Nc2ccccc2)[C@@H](c2ccccc2[N+](=O)[O-])n2nnnc2N1. The van der Waals surface area contributed by atoms with E-state index in [9.17, 15) is 14.9 Å². The van der Waals surface area contributed by atoms with Crippen LogP contribution in [0.3, 0.4) is 0 Å². The number of nitrogens with one attached hydrogen (secondary N) is 2. The number of aromatic nitrogens is 4. The predicted molar refractivity (Wildman–Crippen MR) is 100 cm³/mol. The summed E-state index contributed by atoms with van der Waals surface area (Å²) in [6.45, 7) is 1.71. The zero-order valence-corrected chi connectivity index (χ0v) is 14.7. The number of benzene rings is 2. The van der Waals surface area contributed by atoms with Gasteiger partial charge in [0.25, 0.3) is 11.6 Å². The van der Waals surface area contributed by atoms with Crippen LogP contribution in [-0.2, 0) is 4.79 Å². The van der Waals surface area contributed by atoms with Gasteiger partial charge in [0, 0.05) is 17.5 Å². The van der Waals surface area contributed by atoms with Gasteiger partial charge in [-0.2, -0.15) is 4.68 Å². The second kappa shape index (κ2) is 6.91. The standard InChI is InChI=1S/C18H15N7O3/c1-11-15(17(26)20-12-7-3-2-4-8-12)16(24-18(19-11)21-22-23-24)13-9-5-6-10-14(13)25(27)28/h2-10,16H,1H3,(H,20,26)(H,19,21,23)/t16-/m1/s1. The Labute approximate surface area is 159 Å². The maximum Gasteiger partial charge on any atom is 0.275 e. The van der Waals surface area contributed by atoms with Gasteiger partial charge in [0.2, 0.25) is 5.95 Å². The molecule has 0 saturated carbocycles. The first-order chi connectivity index (χ1) is 13.6. The van der Waals surface area contributed by atoms with E-state index in [4.69, 9.17) is 0 Å². The number of anilines is 2. The molecule has 1 aromatic heterocycles. The highest BCUT2D eigenvalue weighted by atomic mass is 16.6. The van der Waals surface area contributed by atoms with Crippen molar-refractivity contribution < 1.29 is 9.72 Å². The highest BCUT2D eigenvalue weighted by Gasteiger charge is 2.37. The van der Waals surface area contributed by atoms with E-state index in [-0.39, 0.29) is 11.3 Å². The molecule has 1 aliphatic rings. The number of hydrogen-bond acceptors (Lipinski definition) is 7. The zero-order chi connectivity index (χ0) is 19.7. The molecular formula is C18H15N7O3. The van der Waals surface area contributed by atoms with Gasteiger partial charge in [0.15, 0.2) is 0 Å². The lowest BCUT2D eigenvalue weighted by molar-refractivity contribution is -0.385. The van der Waals surface area contributed by atoms with Crippen molar-refractivity contribution in [3.05, 3.63) is 81.5 Å². The van der Waals surface area contributed by atoms with Crippen LogP contribution in [0.5, 0.6) is 0 Å². The summed E-state index contributed by atoms with van der Waals surface area (Å²) in [6.07, 6.45) is 0. The number of fused-ring (bicyclic) bond motifs is 1. The molecule has 28 heavy (non-hydrogen) atoms. The van der Waals surface area contributed by atoms with Crippen LogP contribution in [0.25, 0.3) is 0 Å². The Morgan fingerprint density at radius 1 is 1.18 bits per heavy atom. The average Bonchev–Trinajstić information content (AvgIpc) is 3.15. The molecule has 0 unspecified atom stereocenters. The number of nitro groups is 1. The van der Waals surface area contributed by atoms with Crippen LogP contribution in [0.1, 0.15) is 18.5 Å². The van der Waals surface area contributed by atoms with Crippen LogP contribution in [0.2, 0.25) is 0 Å². The van der Waals surface area contributed by atoms with Crippen molar-refractivity contribution in [3.8, 4) is 0 Å². The van der Waals surface area contributed by atoms with Gasteiger partial charge in [-0.1, -0.05) is 35.4 Å². The molecule has 1 aliphatic heterocycles. The minimum Gasteiger partial charge on any atom is -0.326 e. The molecular weight excluding hydrogens is 362 g/mol. The largest absolute Gasteiger partial charge is 0.326 e. The predicted octanol–water partition coefficient (Wildman–Crippen LogP) is 2.51. The van der Waals surface area contributed by atoms with Crippen LogP contribution in [0.15, 0.2) is 65.9 Å². The number of carbonyl (C=O) groups is 1. The molecule has 10 heteroatoms. The highest BCUT2D eigenvalue weighted by molar-refractivity contribution is 6.06. The molecule has 1 atom stereocenters. The number of nitro benzene ring substituents is 1. The molecule has 2 heterocycles. The van der Waals surface area contributed by atoms with Gasteiger partial charge in [-0.25, -0.2) is 0 Å². The molecule has 0 saturated heterocycles. The van der Waals surface area contributed by atoms with Crippen molar-refractivity contribution in [1.29, 1.82) is 0 Å². The van der Waals surface area contributed by atoms with Crippen molar-refractivity contribution in [1.82, 2.24) is 20.2 Å². The molecule has 2 aromatic carbocycles. The summed E-state index contributed by atoms with van der Waals surface area (Å²) in [5.74, 6) is -0.0996. The van der Waals surface area contributed by atoms with E-state index in [0.29, 0.717) is 22.9 Å². The molecule has 0 bridgehead atoms. The Kier molecular flexibility index (Phi) is 4.28. The summed E-state index contributed by atoms with van der Waals surface area (Å²) >= 11 is 0. The van der Waals surface area contributed by atoms with E-state index < -0.39 is 16.9 Å². The van der Waals surface area contributed by atoms with E-state index in [0.717, 1.165) is 0 Å². The molecule has 2 N–H and O–H groups in total. The Bertz CT molecular complexity index is 1090. The maximum absolute atomic E-state index is 13.1. The van der Waals surface area contributed by atoms with Gasteiger partial charge in [-0.15, -0.1) is 0 Å². The number of allylic oxidation sites excluding steroid dienone is 1. The van der Waals surface area contributed by atoms with Crippen molar-refractivity contribution in [2.75, 3.05) is 10.6 Å². The first-order valence-electron chi connectivity index (χ1n) is 8.41. The molecule has 0 aliphatic carbocycles. The van der Waals surface area contributed by atoms with Gasteiger partial charge in [0.05, 0.1) is 16.1 Å². The molecule has 0 spiro atoms. The second-order valence-electron chi connectivity index (χ2n) is 6.15. The summed E-state index contributed by atoms with van der Waals surface area (Å²) in [5, 5.41) is 28.9. The van der Waals surface area contributed by atoms with E-state index >= 15 is 0 Å². The molecule has 1 amide bonds. The Hall–Kier alpha value is -4.08. The molecule has 140 valence electrons. The van der Waals surface area contributed by atoms with Gasteiger partial charge in [0.1, 0.15) is 6.04 Å². The summed E-state index contributed by atoms with van der Waals surface area (Å²) in [6, 6.07) is 14.3. The van der Waals surface area contributed by atoms with E-state index in [1.165, 1.54) is 10.7 Å². The van der Waals surface area contributed by atoms with Crippen LogP contribution in [0, 0.1) is 10.1 Å². The number of nitrogens with zero attached hydrogens (tertiary/aromatic N) is 5. The first kappa shape index (κ1) is 17.3. The van der Waals surface area contributed by atoms with Crippen LogP contribution in [-0.4, -0.2) is 31.0 Å². The third-order valence-corrected chi connectivity index (χ3v) is 4.42. The summed E-state index contributed by atoms with van der Waals surface area (Å²) in [4.78, 5) is 24.2. The fourth-order valence-corrected chi connectivity index (χ4v) is 3.20. The third-order valence-electron chi connectivity index (χ3n) is 4.42. The number of tetrazole rings is 1. The van der Waals surface area contributed by atoms with Crippen molar-refractivity contribution in [2.45, 2.75) is 13.0 Å². The smallest absolute Gasteiger partial charge is 0.275 e. The number of amides is 1. The minimum atomic E-state index is -0.850. The number of hydrogen-bond donors (Lipinski definition) is 2. The summed E-state index contributed by atoms with van der Waals surface area (Å²) in [7, 11) is 0. The van der Waals surface area contributed by atoms with Gasteiger partial charge in [-0.05, 0) is 35.5 Å². The maximum atomic E-state index is 13.1. The van der Waals surface area contributed by atoms with Gasteiger partial charge < -0.3 is 10.6 Å². The molecule has 0 radical (unpaired) electrons. The molecule has 0 fully saturated rings. The van der Waals surface area contributed by atoms with E-state index in [1.54, 1.807) is 49.4 Å². The van der Waals surface area contributed by atoms with Crippen molar-refractivity contribution in [3.63, 3.8) is 0 Å². The summed E-state index contributed by atoms with van der Waals surface area (Å²) in [5.41, 5.74) is 1.61. The number of rotatable bonds is 4. The Morgan fingerprint density at radius 3 is 2.64 bits per heavy atom. The Morgan fingerprint density at radius 2 is 1.89 bits per heavy atom. The quantitative estimate of drug-likeness (QED) is 0.528. The van der Waals surface area contributed by atoms with E-state index in [1.807, 2.05) is 6.07 Å². The van der Waals surface area contributed by atoms with Crippen LogP contribution >= 0.6 is 0 Å². The average molecular weight is 377 g/mol. The lowest BCUT2D eigenvalue weighted by Gasteiger charge is -2.27. The van der Waals surface area contributed by atoms with Gasteiger partial charge >= 0.3 is 0 Å². The lowest BCUT2D eigenvalue weighted by Crippen LogP contribution is -2.31. The number of para-hydroxylation sites is 2. The van der Waals surface area contributed by atoms with Gasteiger partial charge in [-0.3, -0.25) is 14.9 Å². The van der Waals surface area contributed by atoms with Crippen LogP contribution in [0.4, 0.5) is 17.3 Å². The monoisotopic (exact) mass is 377 g/mol. The van der Waals surface area contributed by atoms with Crippen LogP contribution < -0.4 is 10.6 Å². The molecule has 4 rings (SSSR count).